The molecular formula is C14H24N2O. The van der Waals surface area contributed by atoms with Crippen molar-refractivity contribution in [2.24, 2.45) is 18.9 Å². The van der Waals surface area contributed by atoms with E-state index < -0.39 is 0 Å². The van der Waals surface area contributed by atoms with Crippen molar-refractivity contribution >= 4 is 0 Å². The smallest absolute Gasteiger partial charge is 0.0609 e. The Kier molecular flexibility index (Phi) is 4.21. The molecule has 1 heterocycles. The zero-order valence-electron chi connectivity index (χ0n) is 11.0. The molecule has 0 radical (unpaired) electrons. The van der Waals surface area contributed by atoms with Crippen LogP contribution in [0.4, 0.5) is 0 Å². The summed E-state index contributed by atoms with van der Waals surface area (Å²) in [5.74, 6) is 1.33. The van der Waals surface area contributed by atoms with E-state index in [4.69, 9.17) is 0 Å². The molecular weight excluding hydrogens is 212 g/mol. The van der Waals surface area contributed by atoms with Gasteiger partial charge >= 0.3 is 0 Å². The Morgan fingerprint density at radius 3 is 3.00 bits per heavy atom. The van der Waals surface area contributed by atoms with Gasteiger partial charge in [-0.05, 0) is 30.2 Å². The molecule has 1 aliphatic rings. The first-order valence-corrected chi connectivity index (χ1v) is 6.84. The third kappa shape index (κ3) is 3.32. The van der Waals surface area contributed by atoms with Crippen molar-refractivity contribution in [3.05, 3.63) is 18.0 Å². The fraction of sp³-hybridized carbons (Fsp3) is 0.786. The van der Waals surface area contributed by atoms with Crippen molar-refractivity contribution in [3.63, 3.8) is 0 Å². The number of hydrogen-bond acceptors (Lipinski definition) is 2. The molecule has 2 rings (SSSR count). The van der Waals surface area contributed by atoms with Gasteiger partial charge < -0.3 is 5.11 Å². The van der Waals surface area contributed by atoms with Gasteiger partial charge in [-0.2, -0.15) is 5.10 Å². The second-order valence-electron chi connectivity index (χ2n) is 5.49. The van der Waals surface area contributed by atoms with Crippen LogP contribution in [0.3, 0.4) is 0 Å². The van der Waals surface area contributed by atoms with Gasteiger partial charge in [-0.3, -0.25) is 4.68 Å². The van der Waals surface area contributed by atoms with E-state index in [0.29, 0.717) is 5.92 Å². The molecule has 1 fully saturated rings. The molecule has 1 aromatic heterocycles. The zero-order valence-corrected chi connectivity index (χ0v) is 11.0. The van der Waals surface area contributed by atoms with E-state index in [0.717, 1.165) is 17.9 Å². The minimum Gasteiger partial charge on any atom is -0.392 e. The SMILES string of the molecule is CCC1CCCC(C(O)Cc2cnn(C)c2)C1. The molecule has 3 heteroatoms. The number of nitrogens with zero attached hydrogens (tertiary/aromatic N) is 2. The second kappa shape index (κ2) is 5.67. The van der Waals surface area contributed by atoms with E-state index in [9.17, 15) is 5.11 Å². The summed E-state index contributed by atoms with van der Waals surface area (Å²) in [4.78, 5) is 0. The highest BCUT2D eigenvalue weighted by molar-refractivity contribution is 5.05. The minimum atomic E-state index is -0.187. The molecule has 0 spiro atoms. The van der Waals surface area contributed by atoms with E-state index >= 15 is 0 Å². The summed E-state index contributed by atoms with van der Waals surface area (Å²) in [6.45, 7) is 2.26. The fourth-order valence-corrected chi connectivity index (χ4v) is 3.04. The summed E-state index contributed by atoms with van der Waals surface area (Å²) >= 11 is 0. The molecule has 3 atom stereocenters. The number of aliphatic hydroxyl groups excluding tert-OH is 1. The standard InChI is InChI=1S/C14H24N2O/c1-3-11-5-4-6-13(7-11)14(17)8-12-9-15-16(2)10-12/h9-11,13-14,17H,3-8H2,1-2H3. The van der Waals surface area contributed by atoms with Gasteiger partial charge in [0.05, 0.1) is 12.3 Å². The Morgan fingerprint density at radius 1 is 1.53 bits per heavy atom. The largest absolute Gasteiger partial charge is 0.392 e. The average Bonchev–Trinajstić information content (AvgIpc) is 2.75. The van der Waals surface area contributed by atoms with E-state index in [1.165, 1.54) is 32.1 Å². The molecule has 96 valence electrons. The molecule has 3 unspecified atom stereocenters. The first-order valence-electron chi connectivity index (χ1n) is 6.84. The Morgan fingerprint density at radius 2 is 2.35 bits per heavy atom. The van der Waals surface area contributed by atoms with Crippen LogP contribution in [0.2, 0.25) is 0 Å². The zero-order chi connectivity index (χ0) is 12.3. The monoisotopic (exact) mass is 236 g/mol. The van der Waals surface area contributed by atoms with Gasteiger partial charge in [-0.25, -0.2) is 0 Å². The van der Waals surface area contributed by atoms with Gasteiger partial charge in [0.15, 0.2) is 0 Å². The summed E-state index contributed by atoms with van der Waals surface area (Å²) in [5, 5.41) is 14.5. The highest BCUT2D eigenvalue weighted by Crippen LogP contribution is 2.33. The highest BCUT2D eigenvalue weighted by atomic mass is 16.3. The van der Waals surface area contributed by atoms with Gasteiger partial charge in [-0.1, -0.05) is 26.2 Å². The molecule has 0 bridgehead atoms. The van der Waals surface area contributed by atoms with Crippen LogP contribution in [0.25, 0.3) is 0 Å². The molecule has 17 heavy (non-hydrogen) atoms. The van der Waals surface area contributed by atoms with Crippen molar-refractivity contribution in [2.45, 2.75) is 51.6 Å². The van der Waals surface area contributed by atoms with Crippen LogP contribution in [0.5, 0.6) is 0 Å². The number of aliphatic hydroxyl groups is 1. The lowest BCUT2D eigenvalue weighted by Gasteiger charge is -2.31. The number of aryl methyl sites for hydroxylation is 1. The van der Waals surface area contributed by atoms with E-state index in [2.05, 4.69) is 12.0 Å². The van der Waals surface area contributed by atoms with Crippen molar-refractivity contribution in [1.29, 1.82) is 0 Å². The first-order chi connectivity index (χ1) is 8.19. The summed E-state index contributed by atoms with van der Waals surface area (Å²) in [6.07, 6.45) is 10.7. The van der Waals surface area contributed by atoms with Gasteiger partial charge in [0.1, 0.15) is 0 Å². The third-order valence-electron chi connectivity index (χ3n) is 4.15. The minimum absolute atomic E-state index is 0.187. The molecule has 1 N–H and O–H groups in total. The Balaban J connectivity index is 1.88. The Hall–Kier alpha value is -0.830. The summed E-state index contributed by atoms with van der Waals surface area (Å²) in [5.41, 5.74) is 1.15. The Labute approximate surface area is 104 Å². The van der Waals surface area contributed by atoms with Crippen LogP contribution < -0.4 is 0 Å². The van der Waals surface area contributed by atoms with Gasteiger partial charge in [0.2, 0.25) is 0 Å². The number of hydrogen-bond donors (Lipinski definition) is 1. The maximum Gasteiger partial charge on any atom is 0.0609 e. The normalized spacial score (nSPS) is 27.0. The quantitative estimate of drug-likeness (QED) is 0.872. The lowest BCUT2D eigenvalue weighted by Crippen LogP contribution is -2.28. The topological polar surface area (TPSA) is 38.1 Å². The van der Waals surface area contributed by atoms with Gasteiger partial charge in [0.25, 0.3) is 0 Å². The fourth-order valence-electron chi connectivity index (χ4n) is 3.04. The first kappa shape index (κ1) is 12.6. The van der Waals surface area contributed by atoms with Crippen LogP contribution >= 0.6 is 0 Å². The molecule has 0 saturated heterocycles. The van der Waals surface area contributed by atoms with Crippen molar-refractivity contribution in [3.8, 4) is 0 Å². The van der Waals surface area contributed by atoms with Crippen molar-refractivity contribution in [1.82, 2.24) is 9.78 Å². The molecule has 3 nitrogen and oxygen atoms in total. The lowest BCUT2D eigenvalue weighted by atomic mass is 9.77. The van der Waals surface area contributed by atoms with E-state index in [-0.39, 0.29) is 6.10 Å². The maximum absolute atomic E-state index is 10.3. The third-order valence-corrected chi connectivity index (χ3v) is 4.15. The van der Waals surface area contributed by atoms with Gasteiger partial charge in [0, 0.05) is 19.7 Å². The van der Waals surface area contributed by atoms with Crippen LogP contribution in [-0.4, -0.2) is 21.0 Å². The van der Waals surface area contributed by atoms with Crippen molar-refractivity contribution < 1.29 is 5.11 Å². The molecule has 1 aliphatic carbocycles. The Bertz CT molecular complexity index is 348. The molecule has 0 aromatic carbocycles. The van der Waals surface area contributed by atoms with E-state index in [1.807, 2.05) is 19.4 Å². The van der Waals surface area contributed by atoms with Crippen LogP contribution in [0.1, 0.15) is 44.6 Å². The maximum atomic E-state index is 10.3. The van der Waals surface area contributed by atoms with Crippen LogP contribution in [0, 0.1) is 11.8 Å². The summed E-state index contributed by atoms with van der Waals surface area (Å²) in [6, 6.07) is 0. The predicted molar refractivity (Wildman–Crippen MR) is 68.7 cm³/mol. The summed E-state index contributed by atoms with van der Waals surface area (Å²) < 4.78 is 1.80. The molecule has 1 aromatic rings. The second-order valence-corrected chi connectivity index (χ2v) is 5.49. The van der Waals surface area contributed by atoms with E-state index in [1.54, 1.807) is 4.68 Å². The lowest BCUT2D eigenvalue weighted by molar-refractivity contribution is 0.0685. The van der Waals surface area contributed by atoms with Gasteiger partial charge in [-0.15, -0.1) is 0 Å². The molecule has 1 saturated carbocycles. The highest BCUT2D eigenvalue weighted by Gasteiger charge is 2.26. The average molecular weight is 236 g/mol. The number of aromatic nitrogens is 2. The molecule has 0 aliphatic heterocycles. The van der Waals surface area contributed by atoms with Crippen molar-refractivity contribution in [2.75, 3.05) is 0 Å². The van der Waals surface area contributed by atoms with Crippen LogP contribution in [-0.2, 0) is 13.5 Å². The predicted octanol–water partition coefficient (Wildman–Crippen LogP) is 2.54. The number of rotatable bonds is 4. The summed E-state index contributed by atoms with van der Waals surface area (Å²) in [7, 11) is 1.92. The molecule has 0 amide bonds. The van der Waals surface area contributed by atoms with Crippen LogP contribution in [0.15, 0.2) is 12.4 Å².